The molecule has 0 aliphatic carbocycles. The van der Waals surface area contributed by atoms with Gasteiger partial charge in [-0.25, -0.2) is 4.39 Å². The van der Waals surface area contributed by atoms with Gasteiger partial charge in [0, 0.05) is 5.54 Å². The summed E-state index contributed by atoms with van der Waals surface area (Å²) in [5, 5.41) is 2.69. The van der Waals surface area contributed by atoms with E-state index in [2.05, 4.69) is 5.32 Å². The third-order valence-corrected chi connectivity index (χ3v) is 1.80. The van der Waals surface area contributed by atoms with Crippen molar-refractivity contribution in [3.05, 3.63) is 29.6 Å². The average Bonchev–Trinajstić information content (AvgIpc) is 2.04. The first kappa shape index (κ1) is 12.8. The van der Waals surface area contributed by atoms with Gasteiger partial charge in [-0.05, 0) is 39.0 Å². The summed E-state index contributed by atoms with van der Waals surface area (Å²) in [7, 11) is 0. The summed E-state index contributed by atoms with van der Waals surface area (Å²) in [6.45, 7) is 5.23. The summed E-state index contributed by atoms with van der Waals surface area (Å²) in [6.07, 6.45) is -4.46. The van der Waals surface area contributed by atoms with Crippen LogP contribution in [0.3, 0.4) is 0 Å². The SMILES string of the molecule is CC(C)(C)Nc1cc(C(F)(F)F)ccc1F. The van der Waals surface area contributed by atoms with Crippen LogP contribution in [-0.4, -0.2) is 5.54 Å². The molecule has 0 fully saturated rings. The first-order valence-electron chi connectivity index (χ1n) is 4.74. The Hall–Kier alpha value is -1.26. The van der Waals surface area contributed by atoms with E-state index in [4.69, 9.17) is 0 Å². The molecular weight excluding hydrogens is 222 g/mol. The Morgan fingerprint density at radius 1 is 1.06 bits per heavy atom. The van der Waals surface area contributed by atoms with E-state index < -0.39 is 23.1 Å². The van der Waals surface area contributed by atoms with Gasteiger partial charge in [0.25, 0.3) is 0 Å². The zero-order valence-electron chi connectivity index (χ0n) is 9.24. The van der Waals surface area contributed by atoms with Crippen LogP contribution in [-0.2, 0) is 6.18 Å². The van der Waals surface area contributed by atoms with E-state index in [1.54, 1.807) is 20.8 Å². The van der Waals surface area contributed by atoms with Crippen LogP contribution in [0.15, 0.2) is 18.2 Å². The molecule has 0 aromatic heterocycles. The molecule has 0 aliphatic heterocycles. The Bertz CT molecular complexity index is 377. The Kier molecular flexibility index (Phi) is 3.17. The molecular formula is C11H13F4N. The van der Waals surface area contributed by atoms with Gasteiger partial charge in [0.05, 0.1) is 11.3 Å². The van der Waals surface area contributed by atoms with Crippen molar-refractivity contribution in [1.82, 2.24) is 0 Å². The van der Waals surface area contributed by atoms with E-state index in [0.717, 1.165) is 18.2 Å². The number of nitrogens with one attached hydrogen (secondary N) is 1. The Labute approximate surface area is 91.5 Å². The normalized spacial score (nSPS) is 12.7. The van der Waals surface area contributed by atoms with Gasteiger partial charge in [0.2, 0.25) is 0 Å². The summed E-state index contributed by atoms with van der Waals surface area (Å²) < 4.78 is 50.4. The minimum atomic E-state index is -4.46. The highest BCUT2D eigenvalue weighted by Crippen LogP contribution is 2.32. The van der Waals surface area contributed by atoms with Crippen LogP contribution in [0.1, 0.15) is 26.3 Å². The van der Waals surface area contributed by atoms with Gasteiger partial charge in [-0.15, -0.1) is 0 Å². The van der Waals surface area contributed by atoms with Crippen molar-refractivity contribution in [1.29, 1.82) is 0 Å². The first-order chi connectivity index (χ1) is 7.09. The first-order valence-corrected chi connectivity index (χ1v) is 4.74. The van der Waals surface area contributed by atoms with Crippen molar-refractivity contribution in [2.24, 2.45) is 0 Å². The van der Waals surface area contributed by atoms with Crippen molar-refractivity contribution < 1.29 is 17.6 Å². The molecule has 0 aliphatic rings. The smallest absolute Gasteiger partial charge is 0.378 e. The monoisotopic (exact) mass is 235 g/mol. The van der Waals surface area contributed by atoms with Crippen LogP contribution in [0.25, 0.3) is 0 Å². The van der Waals surface area contributed by atoms with Gasteiger partial charge in [0.15, 0.2) is 0 Å². The largest absolute Gasteiger partial charge is 0.416 e. The molecule has 90 valence electrons. The molecule has 1 nitrogen and oxygen atoms in total. The fourth-order valence-corrected chi connectivity index (χ4v) is 1.20. The van der Waals surface area contributed by atoms with Crippen molar-refractivity contribution in [3.63, 3.8) is 0 Å². The number of benzene rings is 1. The Morgan fingerprint density at radius 3 is 2.06 bits per heavy atom. The highest BCUT2D eigenvalue weighted by molar-refractivity contribution is 5.49. The molecule has 0 bridgehead atoms. The van der Waals surface area contributed by atoms with Crippen molar-refractivity contribution in [2.45, 2.75) is 32.5 Å². The second-order valence-corrected chi connectivity index (χ2v) is 4.57. The summed E-state index contributed by atoms with van der Waals surface area (Å²) in [4.78, 5) is 0. The van der Waals surface area contributed by atoms with Gasteiger partial charge in [-0.2, -0.15) is 13.2 Å². The van der Waals surface area contributed by atoms with Crippen molar-refractivity contribution in [3.8, 4) is 0 Å². The van der Waals surface area contributed by atoms with E-state index in [-0.39, 0.29) is 5.69 Å². The van der Waals surface area contributed by atoms with Gasteiger partial charge >= 0.3 is 6.18 Å². The molecule has 0 saturated heterocycles. The van der Waals surface area contributed by atoms with Crippen LogP contribution < -0.4 is 5.32 Å². The van der Waals surface area contributed by atoms with Crippen molar-refractivity contribution in [2.75, 3.05) is 5.32 Å². The lowest BCUT2D eigenvalue weighted by Gasteiger charge is -2.23. The van der Waals surface area contributed by atoms with E-state index in [0.29, 0.717) is 0 Å². The minimum absolute atomic E-state index is 0.137. The Balaban J connectivity index is 3.10. The topological polar surface area (TPSA) is 12.0 Å². The number of alkyl halides is 3. The number of rotatable bonds is 1. The fourth-order valence-electron chi connectivity index (χ4n) is 1.20. The number of anilines is 1. The molecule has 1 aromatic rings. The lowest BCUT2D eigenvalue weighted by atomic mass is 10.1. The predicted molar refractivity (Wildman–Crippen MR) is 54.8 cm³/mol. The van der Waals surface area contributed by atoms with Crippen molar-refractivity contribution >= 4 is 5.69 Å². The summed E-state index contributed by atoms with van der Waals surface area (Å²) in [5.41, 5.74) is -1.49. The van der Waals surface area contributed by atoms with E-state index in [1.807, 2.05) is 0 Å². The number of hydrogen-bond acceptors (Lipinski definition) is 1. The zero-order valence-corrected chi connectivity index (χ0v) is 9.24. The van der Waals surface area contributed by atoms with Crippen LogP contribution in [0.4, 0.5) is 23.2 Å². The maximum absolute atomic E-state index is 13.3. The minimum Gasteiger partial charge on any atom is -0.378 e. The lowest BCUT2D eigenvalue weighted by Crippen LogP contribution is -2.27. The maximum atomic E-state index is 13.3. The molecule has 0 radical (unpaired) electrons. The molecule has 1 rings (SSSR count). The van der Waals surface area contributed by atoms with Crippen LogP contribution in [0.2, 0.25) is 0 Å². The molecule has 0 unspecified atom stereocenters. The molecule has 1 N–H and O–H groups in total. The van der Waals surface area contributed by atoms with Gasteiger partial charge < -0.3 is 5.32 Å². The quantitative estimate of drug-likeness (QED) is 0.724. The second kappa shape index (κ2) is 3.96. The second-order valence-electron chi connectivity index (χ2n) is 4.57. The lowest BCUT2D eigenvalue weighted by molar-refractivity contribution is -0.137. The molecule has 0 amide bonds. The molecule has 0 spiro atoms. The van der Waals surface area contributed by atoms with E-state index >= 15 is 0 Å². The summed E-state index contributed by atoms with van der Waals surface area (Å²) in [6, 6.07) is 2.32. The standard InChI is InChI=1S/C11H13F4N/c1-10(2,3)16-9-6-7(11(13,14)15)4-5-8(9)12/h4-6,16H,1-3H3. The summed E-state index contributed by atoms with van der Waals surface area (Å²) >= 11 is 0. The highest BCUT2D eigenvalue weighted by Gasteiger charge is 2.31. The third kappa shape index (κ3) is 3.40. The average molecular weight is 235 g/mol. The van der Waals surface area contributed by atoms with Gasteiger partial charge in [0.1, 0.15) is 5.82 Å². The predicted octanol–water partition coefficient (Wildman–Crippen LogP) is 4.05. The molecule has 0 heterocycles. The molecule has 16 heavy (non-hydrogen) atoms. The number of halogens is 4. The summed E-state index contributed by atoms with van der Waals surface area (Å²) in [5.74, 6) is -0.692. The van der Waals surface area contributed by atoms with Gasteiger partial charge in [-0.3, -0.25) is 0 Å². The molecule has 1 aromatic carbocycles. The fraction of sp³-hybridized carbons (Fsp3) is 0.455. The van der Waals surface area contributed by atoms with Gasteiger partial charge in [-0.1, -0.05) is 0 Å². The third-order valence-electron chi connectivity index (χ3n) is 1.80. The number of hydrogen-bond donors (Lipinski definition) is 1. The molecule has 0 saturated carbocycles. The van der Waals surface area contributed by atoms with Crippen LogP contribution in [0.5, 0.6) is 0 Å². The molecule has 0 atom stereocenters. The van der Waals surface area contributed by atoms with E-state index in [9.17, 15) is 17.6 Å². The zero-order chi connectivity index (χ0) is 12.6. The molecule has 5 heteroatoms. The Morgan fingerprint density at radius 2 is 1.62 bits per heavy atom. The van der Waals surface area contributed by atoms with E-state index in [1.165, 1.54) is 0 Å². The highest BCUT2D eigenvalue weighted by atomic mass is 19.4. The van der Waals surface area contributed by atoms with Crippen LogP contribution in [0, 0.1) is 5.82 Å². The maximum Gasteiger partial charge on any atom is 0.416 e. The van der Waals surface area contributed by atoms with Crippen LogP contribution >= 0.6 is 0 Å².